The number of hydrogen-bond acceptors (Lipinski definition) is 6. The highest BCUT2D eigenvalue weighted by Gasteiger charge is 2.24. The smallest absolute Gasteiger partial charge is 0.203 e. The van der Waals surface area contributed by atoms with Gasteiger partial charge in [-0.1, -0.05) is 18.2 Å². The molecule has 0 aromatic heterocycles. The van der Waals surface area contributed by atoms with Crippen molar-refractivity contribution < 1.29 is 28.8 Å². The Labute approximate surface area is 182 Å². The van der Waals surface area contributed by atoms with Gasteiger partial charge in [0.1, 0.15) is 11.5 Å². The van der Waals surface area contributed by atoms with Crippen LogP contribution < -0.4 is 18.9 Å². The second-order valence-corrected chi connectivity index (χ2v) is 7.07. The number of benzene rings is 2. The summed E-state index contributed by atoms with van der Waals surface area (Å²) in [7, 11) is 6.07. The van der Waals surface area contributed by atoms with Gasteiger partial charge in [-0.2, -0.15) is 0 Å². The molecule has 0 fully saturated rings. The van der Waals surface area contributed by atoms with Crippen molar-refractivity contribution >= 4 is 11.5 Å². The number of ketones is 1. The van der Waals surface area contributed by atoms with Gasteiger partial charge >= 0.3 is 0 Å². The monoisotopic (exact) mass is 422 g/mol. The second-order valence-electron chi connectivity index (χ2n) is 7.07. The van der Waals surface area contributed by atoms with E-state index in [0.29, 0.717) is 45.3 Å². The van der Waals surface area contributed by atoms with E-state index in [1.165, 1.54) is 21.3 Å². The summed E-state index contributed by atoms with van der Waals surface area (Å²) in [5, 5.41) is 11.0. The number of methoxy groups -OCH3 is 4. The summed E-state index contributed by atoms with van der Waals surface area (Å²) in [6.07, 6.45) is 5.12. The fourth-order valence-electron chi connectivity index (χ4n) is 3.52. The Hall–Kier alpha value is -3.67. The van der Waals surface area contributed by atoms with Crippen LogP contribution in [0.25, 0.3) is 5.76 Å². The third-order valence-electron chi connectivity index (χ3n) is 5.36. The van der Waals surface area contributed by atoms with E-state index in [9.17, 15) is 9.90 Å². The Morgan fingerprint density at radius 1 is 0.806 bits per heavy atom. The molecule has 0 saturated heterocycles. The highest BCUT2D eigenvalue weighted by atomic mass is 16.5. The zero-order chi connectivity index (χ0) is 22.7. The average molecular weight is 422 g/mol. The van der Waals surface area contributed by atoms with Crippen LogP contribution in [0.2, 0.25) is 0 Å². The van der Waals surface area contributed by atoms with Crippen molar-refractivity contribution in [1.29, 1.82) is 0 Å². The molecule has 1 N–H and O–H groups in total. The molecule has 2 aromatic rings. The van der Waals surface area contributed by atoms with Crippen LogP contribution in [0.5, 0.6) is 23.0 Å². The van der Waals surface area contributed by atoms with Crippen LogP contribution in [0.4, 0.5) is 0 Å². The van der Waals surface area contributed by atoms with Gasteiger partial charge in [0.25, 0.3) is 0 Å². The summed E-state index contributed by atoms with van der Waals surface area (Å²) in [4.78, 5) is 13.3. The lowest BCUT2D eigenvalue weighted by atomic mass is 9.94. The number of Topliss-reactive ketones (excluding diaryl/α,β-unsaturated/α-hetero) is 1. The van der Waals surface area contributed by atoms with Crippen molar-refractivity contribution in [3.05, 3.63) is 75.9 Å². The first kappa shape index (κ1) is 22.0. The summed E-state index contributed by atoms with van der Waals surface area (Å²) < 4.78 is 21.5. The van der Waals surface area contributed by atoms with Gasteiger partial charge in [-0.3, -0.25) is 4.79 Å². The molecule has 162 valence electrons. The van der Waals surface area contributed by atoms with Crippen molar-refractivity contribution in [3.8, 4) is 23.0 Å². The zero-order valence-electron chi connectivity index (χ0n) is 18.5. The maximum Gasteiger partial charge on any atom is 0.203 e. The van der Waals surface area contributed by atoms with Gasteiger partial charge in [0, 0.05) is 22.3 Å². The molecule has 6 nitrogen and oxygen atoms in total. The maximum atomic E-state index is 13.3. The summed E-state index contributed by atoms with van der Waals surface area (Å²) in [6, 6.07) is 6.82. The molecule has 0 radical (unpaired) electrons. The van der Waals surface area contributed by atoms with Crippen LogP contribution >= 0.6 is 0 Å². The maximum absolute atomic E-state index is 13.3. The third-order valence-corrected chi connectivity index (χ3v) is 5.36. The molecule has 0 saturated carbocycles. The van der Waals surface area contributed by atoms with E-state index in [2.05, 4.69) is 0 Å². The minimum Gasteiger partial charge on any atom is -0.507 e. The molecule has 0 amide bonds. The van der Waals surface area contributed by atoms with Crippen LogP contribution in [-0.2, 0) is 0 Å². The Balaban J connectivity index is 2.07. The van der Waals surface area contributed by atoms with Crippen molar-refractivity contribution in [2.45, 2.75) is 13.8 Å². The molecule has 1 aliphatic rings. The first-order chi connectivity index (χ1) is 14.9. The molecule has 0 atom stereocenters. The highest BCUT2D eigenvalue weighted by molar-refractivity contribution is 6.14. The number of carbonyl (C=O) groups excluding carboxylic acids is 1. The lowest BCUT2D eigenvalue weighted by Gasteiger charge is -2.15. The van der Waals surface area contributed by atoms with Crippen molar-refractivity contribution in [3.63, 3.8) is 0 Å². The predicted octanol–water partition coefficient (Wildman–Crippen LogP) is 4.99. The quantitative estimate of drug-likeness (QED) is 0.501. The standard InChI is InChI=1S/C25H26O6/c1-14-10-16(11-20(28-3)15(14)2)23(26)18-8-7-9-19(18)24(27)17-12-21(29-4)25(31-6)22(13-17)30-5/h7-13,26H,1-6H3/b23-18-. The first-order valence-electron chi connectivity index (χ1n) is 9.68. The van der Waals surface area contributed by atoms with Crippen molar-refractivity contribution in [1.82, 2.24) is 0 Å². The fourth-order valence-corrected chi connectivity index (χ4v) is 3.52. The van der Waals surface area contributed by atoms with E-state index in [1.54, 1.807) is 43.5 Å². The van der Waals surface area contributed by atoms with Gasteiger partial charge in [-0.15, -0.1) is 0 Å². The van der Waals surface area contributed by atoms with Crippen LogP contribution in [0.15, 0.2) is 53.6 Å². The highest BCUT2D eigenvalue weighted by Crippen LogP contribution is 2.40. The molecule has 0 aliphatic heterocycles. The van der Waals surface area contributed by atoms with Crippen molar-refractivity contribution in [2.24, 2.45) is 0 Å². The molecular formula is C25H26O6. The zero-order valence-corrected chi connectivity index (χ0v) is 18.5. The van der Waals surface area contributed by atoms with Crippen LogP contribution in [-0.4, -0.2) is 39.3 Å². The Bertz CT molecular complexity index is 1100. The molecule has 1 aliphatic carbocycles. The number of hydrogen-bond donors (Lipinski definition) is 1. The lowest BCUT2D eigenvalue weighted by Crippen LogP contribution is -2.07. The summed E-state index contributed by atoms with van der Waals surface area (Å²) >= 11 is 0. The van der Waals surface area contributed by atoms with E-state index >= 15 is 0 Å². The number of aliphatic hydroxyl groups is 1. The number of ether oxygens (including phenoxy) is 4. The van der Waals surface area contributed by atoms with Crippen LogP contribution in [0.3, 0.4) is 0 Å². The minimum absolute atomic E-state index is 0.00203. The second kappa shape index (κ2) is 9.00. The minimum atomic E-state index is -0.276. The number of rotatable bonds is 7. The predicted molar refractivity (Wildman–Crippen MR) is 120 cm³/mol. The van der Waals surface area contributed by atoms with Gasteiger partial charge in [0.2, 0.25) is 5.75 Å². The first-order valence-corrected chi connectivity index (χ1v) is 9.68. The van der Waals surface area contributed by atoms with Gasteiger partial charge in [0.05, 0.1) is 28.4 Å². The molecule has 0 spiro atoms. The molecule has 0 heterocycles. The van der Waals surface area contributed by atoms with Crippen LogP contribution in [0.1, 0.15) is 27.0 Å². The number of aryl methyl sites for hydroxylation is 1. The van der Waals surface area contributed by atoms with Gasteiger partial charge < -0.3 is 24.1 Å². The Morgan fingerprint density at radius 2 is 1.39 bits per heavy atom. The van der Waals surface area contributed by atoms with E-state index in [1.807, 2.05) is 19.9 Å². The Kier molecular flexibility index (Phi) is 6.39. The van der Waals surface area contributed by atoms with E-state index in [0.717, 1.165) is 11.1 Å². The molecule has 2 aromatic carbocycles. The van der Waals surface area contributed by atoms with Crippen molar-refractivity contribution in [2.75, 3.05) is 28.4 Å². The largest absolute Gasteiger partial charge is 0.507 e. The summed E-state index contributed by atoms with van der Waals surface area (Å²) in [6.45, 7) is 3.90. The Morgan fingerprint density at radius 3 is 1.94 bits per heavy atom. The van der Waals surface area contributed by atoms with Gasteiger partial charge in [-0.05, 0) is 49.2 Å². The third kappa shape index (κ3) is 4.01. The average Bonchev–Trinajstić information content (AvgIpc) is 3.28. The topological polar surface area (TPSA) is 74.2 Å². The van der Waals surface area contributed by atoms with Crippen LogP contribution in [0, 0.1) is 13.8 Å². The summed E-state index contributed by atoms with van der Waals surface area (Å²) in [5.41, 5.74) is 3.70. The van der Waals surface area contributed by atoms with E-state index < -0.39 is 0 Å². The number of aliphatic hydroxyl groups excluding tert-OH is 1. The molecule has 6 heteroatoms. The lowest BCUT2D eigenvalue weighted by molar-refractivity contribution is 0.103. The molecule has 31 heavy (non-hydrogen) atoms. The molecular weight excluding hydrogens is 396 g/mol. The SMILES string of the molecule is COc1cc(/C(O)=C2\C=CC=C2C(=O)c2cc(OC)c(OC)c(OC)c2)cc(C)c1C. The normalized spacial score (nSPS) is 14.2. The molecule has 0 unspecified atom stereocenters. The number of carbonyl (C=O) groups is 1. The van der Waals surface area contributed by atoms with Gasteiger partial charge in [0.15, 0.2) is 17.3 Å². The fraction of sp³-hybridized carbons (Fsp3) is 0.240. The van der Waals surface area contributed by atoms with Gasteiger partial charge in [-0.25, -0.2) is 0 Å². The van der Waals surface area contributed by atoms with E-state index in [4.69, 9.17) is 18.9 Å². The molecule has 0 bridgehead atoms. The molecule has 3 rings (SSSR count). The number of allylic oxidation sites excluding steroid dienone is 5. The van der Waals surface area contributed by atoms with E-state index in [-0.39, 0.29) is 11.5 Å². The summed E-state index contributed by atoms with van der Waals surface area (Å²) in [5.74, 6) is 1.56.